The van der Waals surface area contributed by atoms with E-state index in [4.69, 9.17) is 14.2 Å². The molecule has 2 unspecified atom stereocenters. The molecule has 0 saturated carbocycles. The molecule has 47 heavy (non-hydrogen) atoms. The third-order valence-corrected chi connectivity index (χ3v) is 6.82. The lowest BCUT2D eigenvalue weighted by Gasteiger charge is -2.26. The highest BCUT2D eigenvalue weighted by Crippen LogP contribution is 2.38. The van der Waals surface area contributed by atoms with Crippen molar-refractivity contribution in [3.63, 3.8) is 0 Å². The van der Waals surface area contributed by atoms with E-state index < -0.39 is 64.4 Å². The average Bonchev–Trinajstić information content (AvgIpc) is 3.54. The van der Waals surface area contributed by atoms with E-state index in [2.05, 4.69) is 30.1 Å². The number of carbonyl (C=O) groups excluding carboxylic acids is 8. The smallest absolute Gasteiger partial charge is 0.417 e. The number of methoxy groups -OCH3 is 4. The molecule has 2 aliphatic rings. The lowest BCUT2D eigenvalue weighted by Crippen LogP contribution is -2.45. The van der Waals surface area contributed by atoms with Crippen LogP contribution in [0.4, 0.5) is 9.59 Å². The van der Waals surface area contributed by atoms with E-state index in [9.17, 15) is 38.4 Å². The molecule has 268 valence electrons. The van der Waals surface area contributed by atoms with Gasteiger partial charge in [-0.25, -0.2) is 19.4 Å². The van der Waals surface area contributed by atoms with Crippen LogP contribution in [-0.4, -0.2) is 116 Å². The summed E-state index contributed by atoms with van der Waals surface area (Å²) in [7, 11) is 4.97. The molecule has 0 spiro atoms. The number of imide groups is 2. The summed E-state index contributed by atoms with van der Waals surface area (Å²) in [6, 6.07) is 0. The topological polar surface area (TPSA) is 198 Å². The van der Waals surface area contributed by atoms with Crippen molar-refractivity contribution in [2.75, 3.05) is 46.9 Å². The molecule has 2 rings (SSSR count). The number of esters is 4. The zero-order valence-electron chi connectivity index (χ0n) is 28.7. The number of ether oxygens (including phenoxy) is 6. The summed E-state index contributed by atoms with van der Waals surface area (Å²) in [5.41, 5.74) is -2.99. The second-order valence-corrected chi connectivity index (χ2v) is 13.0. The summed E-state index contributed by atoms with van der Waals surface area (Å²) < 4.78 is 28.3. The first kappa shape index (κ1) is 43.2. The molecule has 2 saturated heterocycles. The van der Waals surface area contributed by atoms with E-state index in [0.717, 1.165) is 16.9 Å². The molecular weight excluding hydrogens is 692 g/mol. The first-order chi connectivity index (χ1) is 21.6. The molecule has 17 heteroatoms. The maximum Gasteiger partial charge on any atom is 0.417 e. The number of hydrogen-bond donors (Lipinski definition) is 0. The summed E-state index contributed by atoms with van der Waals surface area (Å²) in [6.45, 7) is 10.4. The highest BCUT2D eigenvalue weighted by Gasteiger charge is 2.56. The van der Waals surface area contributed by atoms with Gasteiger partial charge in [0.2, 0.25) is 11.8 Å². The minimum atomic E-state index is -1.56. The van der Waals surface area contributed by atoms with Crippen LogP contribution < -0.4 is 0 Å². The first-order valence-electron chi connectivity index (χ1n) is 14.6. The van der Waals surface area contributed by atoms with Gasteiger partial charge in [-0.2, -0.15) is 0 Å². The van der Waals surface area contributed by atoms with Crippen molar-refractivity contribution in [2.45, 2.75) is 84.8 Å². The fraction of sp³-hybridized carbons (Fsp3) is 0.733. The highest BCUT2D eigenvalue weighted by molar-refractivity contribution is 9.09. The molecule has 4 amide bonds. The Hall–Kier alpha value is -3.76. The van der Waals surface area contributed by atoms with E-state index in [0.29, 0.717) is 11.8 Å². The Morgan fingerprint density at radius 3 is 1.64 bits per heavy atom. The molecule has 0 aliphatic carbocycles. The minimum absolute atomic E-state index is 0.0318. The molecule has 0 aromatic carbocycles. The molecule has 2 heterocycles. The standard InChI is InChI=1S/C15H23NO7.C11H17NO5.C4H7BrO2/c1-14(2,3)23-13(20)16-9-8-15(11(16)18,12(19)22-5)7-6-10(17)21-4;1-11(2,3)17-10(15)12-6-5-7(8(12)13)9(14)16-4;1-7-4(6)2-3-5/h6-9H2,1-5H3;7H,5-6H2,1-4H3;2-3H2,1H3. The second kappa shape index (κ2) is 19.2. The zero-order valence-corrected chi connectivity index (χ0v) is 30.3. The van der Waals surface area contributed by atoms with Gasteiger partial charge in [0, 0.05) is 24.8 Å². The van der Waals surface area contributed by atoms with Gasteiger partial charge in [0.05, 0.1) is 34.9 Å². The first-order valence-corrected chi connectivity index (χ1v) is 15.7. The quantitative estimate of drug-likeness (QED) is 0.160. The maximum atomic E-state index is 12.6. The van der Waals surface area contributed by atoms with Crippen LogP contribution in [0.3, 0.4) is 0 Å². The van der Waals surface area contributed by atoms with Crippen molar-refractivity contribution >= 4 is 63.8 Å². The number of nitrogens with zero attached hydrogens (tertiary/aromatic N) is 2. The number of likely N-dealkylation sites (tertiary alicyclic amines) is 2. The van der Waals surface area contributed by atoms with Crippen LogP contribution in [-0.2, 0) is 57.2 Å². The second-order valence-electron chi connectivity index (χ2n) is 12.2. The van der Waals surface area contributed by atoms with Gasteiger partial charge in [-0.05, 0) is 60.8 Å². The summed E-state index contributed by atoms with van der Waals surface area (Å²) in [5, 5.41) is 0.680. The van der Waals surface area contributed by atoms with E-state index in [1.165, 1.54) is 21.3 Å². The molecule has 0 aromatic rings. The summed E-state index contributed by atoms with van der Waals surface area (Å²) in [4.78, 5) is 94.9. The number of hydrogen-bond acceptors (Lipinski definition) is 14. The number of halogens is 1. The van der Waals surface area contributed by atoms with Crippen LogP contribution >= 0.6 is 15.9 Å². The van der Waals surface area contributed by atoms with Crippen LogP contribution in [0, 0.1) is 11.3 Å². The summed E-state index contributed by atoms with van der Waals surface area (Å²) in [5.74, 6) is -4.23. The summed E-state index contributed by atoms with van der Waals surface area (Å²) >= 11 is 3.09. The van der Waals surface area contributed by atoms with Crippen molar-refractivity contribution in [3.8, 4) is 0 Å². The normalized spacial score (nSPS) is 18.9. The van der Waals surface area contributed by atoms with Gasteiger partial charge in [0.1, 0.15) is 22.5 Å². The molecule has 2 aliphatic heterocycles. The third kappa shape index (κ3) is 13.9. The van der Waals surface area contributed by atoms with Crippen molar-refractivity contribution in [1.29, 1.82) is 0 Å². The van der Waals surface area contributed by atoms with E-state index >= 15 is 0 Å². The van der Waals surface area contributed by atoms with Crippen molar-refractivity contribution in [3.05, 3.63) is 0 Å². The monoisotopic (exact) mass is 738 g/mol. The van der Waals surface area contributed by atoms with Gasteiger partial charge in [-0.1, -0.05) is 15.9 Å². The highest BCUT2D eigenvalue weighted by atomic mass is 79.9. The Morgan fingerprint density at radius 1 is 0.745 bits per heavy atom. The molecule has 0 radical (unpaired) electrons. The van der Waals surface area contributed by atoms with Crippen molar-refractivity contribution in [2.24, 2.45) is 11.3 Å². The van der Waals surface area contributed by atoms with Crippen LogP contribution in [0.2, 0.25) is 0 Å². The Morgan fingerprint density at radius 2 is 1.23 bits per heavy atom. The number of amides is 4. The van der Waals surface area contributed by atoms with Gasteiger partial charge in [-0.15, -0.1) is 0 Å². The molecule has 0 bridgehead atoms. The maximum absolute atomic E-state index is 12.6. The van der Waals surface area contributed by atoms with E-state index in [-0.39, 0.29) is 44.7 Å². The number of alkyl halides is 1. The van der Waals surface area contributed by atoms with E-state index in [1.807, 2.05) is 0 Å². The molecular formula is C30H47BrN2O14. The third-order valence-electron chi connectivity index (χ3n) is 6.42. The van der Waals surface area contributed by atoms with E-state index in [1.54, 1.807) is 41.5 Å². The van der Waals surface area contributed by atoms with Crippen LogP contribution in [0.25, 0.3) is 0 Å². The van der Waals surface area contributed by atoms with Gasteiger partial charge < -0.3 is 28.4 Å². The Kier molecular flexibility index (Phi) is 17.6. The zero-order chi connectivity index (χ0) is 36.8. The lowest BCUT2D eigenvalue weighted by atomic mass is 9.81. The molecule has 0 aromatic heterocycles. The van der Waals surface area contributed by atoms with Gasteiger partial charge in [0.15, 0.2) is 0 Å². The predicted octanol–water partition coefficient (Wildman–Crippen LogP) is 3.15. The molecule has 0 N–H and O–H groups in total. The number of rotatable bonds is 7. The molecule has 2 atom stereocenters. The predicted molar refractivity (Wildman–Crippen MR) is 167 cm³/mol. The molecule has 2 fully saturated rings. The Balaban J connectivity index is 0.000000770. The summed E-state index contributed by atoms with van der Waals surface area (Å²) in [6.07, 6.45) is -0.916. The van der Waals surface area contributed by atoms with Crippen LogP contribution in [0.15, 0.2) is 0 Å². The fourth-order valence-corrected chi connectivity index (χ4v) is 4.44. The largest absolute Gasteiger partial charge is 0.469 e. The Bertz CT molecular complexity index is 1160. The van der Waals surface area contributed by atoms with Gasteiger partial charge >= 0.3 is 36.1 Å². The van der Waals surface area contributed by atoms with Crippen LogP contribution in [0.5, 0.6) is 0 Å². The van der Waals surface area contributed by atoms with Crippen molar-refractivity contribution < 1.29 is 66.8 Å². The lowest BCUT2D eigenvalue weighted by molar-refractivity contribution is -0.160. The average molecular weight is 740 g/mol. The van der Waals surface area contributed by atoms with Crippen molar-refractivity contribution in [1.82, 2.24) is 9.80 Å². The molecule has 16 nitrogen and oxygen atoms in total. The number of carbonyl (C=O) groups is 8. The van der Waals surface area contributed by atoms with Crippen LogP contribution in [0.1, 0.15) is 73.6 Å². The SMILES string of the molecule is COC(=O)C1CCN(C(=O)OC(C)(C)C)C1=O.COC(=O)CCBr.COC(=O)CCC1(C(=O)OC)CCN(C(=O)OC(C)(C)C)C1=O. The minimum Gasteiger partial charge on any atom is -0.469 e. The Labute approximate surface area is 283 Å². The van der Waals surface area contributed by atoms with Gasteiger partial charge in [-0.3, -0.25) is 28.8 Å². The van der Waals surface area contributed by atoms with Gasteiger partial charge in [0.25, 0.3) is 0 Å². The fourth-order valence-electron chi connectivity index (χ4n) is 4.12.